The highest BCUT2D eigenvalue weighted by Crippen LogP contribution is 2.29. The third-order valence-corrected chi connectivity index (χ3v) is 5.68. The molecule has 0 radical (unpaired) electrons. The molecule has 1 aromatic carbocycles. The second-order valence-corrected chi connectivity index (χ2v) is 8.61. The molecule has 0 bridgehead atoms. The molecule has 1 unspecified atom stereocenters. The van der Waals surface area contributed by atoms with E-state index in [1.165, 1.54) is 31.4 Å². The SMILES string of the molecule is CCc1cc(C(=O)N[C@@H](CCCC(=O)O)C(=O)O)ccc1[N+](C)([O-])Cc1cnc2nc(N)nc(N)c2n1. The normalized spacial score (nSPS) is 13.6. The van der Waals surface area contributed by atoms with Gasteiger partial charge < -0.3 is 36.9 Å². The number of hydrogen-bond donors (Lipinski definition) is 5. The third kappa shape index (κ3) is 6.62. The molecule has 14 nitrogen and oxygen atoms in total. The largest absolute Gasteiger partial charge is 0.627 e. The van der Waals surface area contributed by atoms with Gasteiger partial charge in [0.1, 0.15) is 24.0 Å². The Balaban J connectivity index is 1.81. The van der Waals surface area contributed by atoms with Crippen LogP contribution in [0, 0.1) is 5.21 Å². The number of nitrogen functional groups attached to an aromatic ring is 2. The van der Waals surface area contributed by atoms with Crippen LogP contribution in [0.15, 0.2) is 24.4 Å². The number of nitrogens with zero attached hydrogens (tertiary/aromatic N) is 5. The van der Waals surface area contributed by atoms with Gasteiger partial charge in [-0.25, -0.2) is 14.8 Å². The van der Waals surface area contributed by atoms with E-state index in [9.17, 15) is 24.7 Å². The summed E-state index contributed by atoms with van der Waals surface area (Å²) in [6.07, 6.45) is 1.70. The molecule has 2 atom stereocenters. The predicted octanol–water partition coefficient (Wildman–Crippen LogP) is 1.22. The van der Waals surface area contributed by atoms with Crippen LogP contribution < -0.4 is 21.4 Å². The first-order valence-corrected chi connectivity index (χ1v) is 11.4. The number of aromatic nitrogens is 4. The lowest BCUT2D eigenvalue weighted by atomic mass is 10.0. The number of anilines is 2. The number of nitrogens with two attached hydrogens (primary N) is 2. The van der Waals surface area contributed by atoms with Gasteiger partial charge in [-0.2, -0.15) is 9.97 Å². The predicted molar refractivity (Wildman–Crippen MR) is 135 cm³/mol. The van der Waals surface area contributed by atoms with E-state index in [0.717, 1.165) is 0 Å². The number of carbonyl (C=O) groups is 3. The van der Waals surface area contributed by atoms with Crippen LogP contribution in [0.4, 0.5) is 17.5 Å². The molecule has 0 aliphatic carbocycles. The molecular weight excluding hydrogens is 484 g/mol. The number of carboxylic acids is 2. The fraction of sp³-hybridized carbons (Fsp3) is 0.348. The molecule has 37 heavy (non-hydrogen) atoms. The van der Waals surface area contributed by atoms with Gasteiger partial charge in [-0.15, -0.1) is 0 Å². The molecule has 2 aromatic heterocycles. The monoisotopic (exact) mass is 512 g/mol. The molecule has 0 aliphatic heterocycles. The minimum absolute atomic E-state index is 0.0312. The number of carbonyl (C=O) groups excluding carboxylic acids is 1. The molecule has 3 rings (SSSR count). The number of benzene rings is 1. The summed E-state index contributed by atoms with van der Waals surface area (Å²) >= 11 is 0. The average Bonchev–Trinajstić information content (AvgIpc) is 2.82. The number of hydroxylamine groups is 2. The minimum Gasteiger partial charge on any atom is -0.627 e. The van der Waals surface area contributed by atoms with Gasteiger partial charge in [0.15, 0.2) is 17.0 Å². The van der Waals surface area contributed by atoms with Gasteiger partial charge >= 0.3 is 11.9 Å². The zero-order valence-electron chi connectivity index (χ0n) is 20.3. The van der Waals surface area contributed by atoms with Gasteiger partial charge in [0.25, 0.3) is 5.91 Å². The Labute approximate surface area is 211 Å². The number of rotatable bonds is 11. The number of carboxylic acid groups (broad SMARTS) is 2. The number of amides is 1. The summed E-state index contributed by atoms with van der Waals surface area (Å²) in [6, 6.07) is 3.26. The quantitative estimate of drug-likeness (QED) is 0.180. The summed E-state index contributed by atoms with van der Waals surface area (Å²) in [5.41, 5.74) is 13.4. The Morgan fingerprint density at radius 3 is 2.54 bits per heavy atom. The van der Waals surface area contributed by atoms with Crippen molar-refractivity contribution in [2.45, 2.75) is 45.2 Å². The number of nitrogens with one attached hydrogen (secondary N) is 1. The summed E-state index contributed by atoms with van der Waals surface area (Å²) in [5.74, 6) is -2.94. The van der Waals surface area contributed by atoms with E-state index < -0.39 is 28.5 Å². The van der Waals surface area contributed by atoms with Crippen LogP contribution in [0.5, 0.6) is 0 Å². The van der Waals surface area contributed by atoms with Crippen molar-refractivity contribution in [2.75, 3.05) is 18.5 Å². The molecule has 0 saturated carbocycles. The highest BCUT2D eigenvalue weighted by molar-refractivity contribution is 5.97. The van der Waals surface area contributed by atoms with E-state index in [0.29, 0.717) is 23.4 Å². The van der Waals surface area contributed by atoms with Crippen molar-refractivity contribution in [3.63, 3.8) is 0 Å². The van der Waals surface area contributed by atoms with Crippen molar-refractivity contribution in [2.24, 2.45) is 0 Å². The zero-order valence-corrected chi connectivity index (χ0v) is 20.3. The van der Waals surface area contributed by atoms with Gasteiger partial charge in [-0.1, -0.05) is 6.92 Å². The lowest BCUT2D eigenvalue weighted by Gasteiger charge is -2.39. The van der Waals surface area contributed by atoms with Crippen molar-refractivity contribution < 1.29 is 24.6 Å². The Morgan fingerprint density at radius 1 is 1.16 bits per heavy atom. The zero-order chi connectivity index (χ0) is 27.3. The molecule has 7 N–H and O–H groups in total. The van der Waals surface area contributed by atoms with Crippen LogP contribution in [0.2, 0.25) is 0 Å². The van der Waals surface area contributed by atoms with Gasteiger partial charge in [-0.3, -0.25) is 9.59 Å². The summed E-state index contributed by atoms with van der Waals surface area (Å²) in [7, 11) is 1.44. The first-order valence-electron chi connectivity index (χ1n) is 11.4. The molecule has 0 fully saturated rings. The fourth-order valence-corrected chi connectivity index (χ4v) is 3.88. The number of hydrogen-bond acceptors (Lipinski definition) is 10. The number of aryl methyl sites for hydroxylation is 1. The van der Waals surface area contributed by atoms with Crippen molar-refractivity contribution in [1.82, 2.24) is 29.9 Å². The second kappa shape index (κ2) is 11.1. The second-order valence-electron chi connectivity index (χ2n) is 8.61. The van der Waals surface area contributed by atoms with E-state index in [1.807, 2.05) is 6.92 Å². The highest BCUT2D eigenvalue weighted by Gasteiger charge is 2.24. The average molecular weight is 513 g/mol. The van der Waals surface area contributed by atoms with Gasteiger partial charge in [0, 0.05) is 23.6 Å². The van der Waals surface area contributed by atoms with Crippen LogP contribution in [0.25, 0.3) is 11.2 Å². The van der Waals surface area contributed by atoms with E-state index in [-0.39, 0.29) is 54.3 Å². The maximum Gasteiger partial charge on any atom is 0.326 e. The van der Waals surface area contributed by atoms with Crippen molar-refractivity contribution in [1.29, 1.82) is 0 Å². The van der Waals surface area contributed by atoms with Crippen LogP contribution in [0.3, 0.4) is 0 Å². The molecule has 3 aromatic rings. The first-order chi connectivity index (χ1) is 17.4. The molecular formula is C23H28N8O6. The number of quaternary nitrogens is 1. The topological polar surface area (TPSA) is 230 Å². The standard InChI is InChI=1S/C23H28N8O6/c1-3-12-9-13(21(34)28-15(22(35)36)5-4-6-17(32)33)7-8-16(12)31(2,37)11-14-10-26-20-18(27-14)19(24)29-23(25)30-20/h7-10,15H,3-6,11H2,1-2H3,(H,28,34)(H,32,33)(H,35,36)(H4,24,25,26,29,30)/t15-,31?/m0/s1. The lowest BCUT2D eigenvalue weighted by molar-refractivity contribution is -0.140. The Bertz CT molecular complexity index is 1350. The molecule has 0 spiro atoms. The molecule has 0 aliphatic rings. The van der Waals surface area contributed by atoms with Crippen LogP contribution in [0.1, 0.15) is 47.8 Å². The number of fused-ring (bicyclic) bond motifs is 1. The summed E-state index contributed by atoms with van der Waals surface area (Å²) in [5, 5.41) is 34.2. The number of aliphatic carboxylic acids is 2. The first kappa shape index (κ1) is 27.2. The Kier molecular flexibility index (Phi) is 8.14. The van der Waals surface area contributed by atoms with Crippen molar-refractivity contribution >= 4 is 46.5 Å². The van der Waals surface area contributed by atoms with Gasteiger partial charge in [0.05, 0.1) is 13.2 Å². The van der Waals surface area contributed by atoms with Crippen molar-refractivity contribution in [3.8, 4) is 0 Å². The third-order valence-electron chi connectivity index (χ3n) is 5.68. The molecule has 1 amide bonds. The Hall–Kier alpha value is -4.43. The molecule has 0 saturated heterocycles. The lowest BCUT2D eigenvalue weighted by Crippen LogP contribution is -2.41. The Morgan fingerprint density at radius 2 is 1.89 bits per heavy atom. The maximum absolute atomic E-state index is 13.6. The summed E-state index contributed by atoms with van der Waals surface area (Å²) in [4.78, 5) is 51.3. The summed E-state index contributed by atoms with van der Waals surface area (Å²) < 4.78 is -0.867. The highest BCUT2D eigenvalue weighted by atomic mass is 16.5. The van der Waals surface area contributed by atoms with E-state index in [2.05, 4.69) is 25.3 Å². The maximum atomic E-state index is 13.6. The van der Waals surface area contributed by atoms with Crippen LogP contribution in [-0.2, 0) is 22.6 Å². The van der Waals surface area contributed by atoms with E-state index in [4.69, 9.17) is 16.6 Å². The van der Waals surface area contributed by atoms with E-state index >= 15 is 0 Å². The van der Waals surface area contributed by atoms with Gasteiger partial charge in [-0.05, 0) is 31.4 Å². The van der Waals surface area contributed by atoms with Gasteiger partial charge in [0.2, 0.25) is 5.95 Å². The van der Waals surface area contributed by atoms with Crippen molar-refractivity contribution in [3.05, 3.63) is 46.4 Å². The fourth-order valence-electron chi connectivity index (χ4n) is 3.88. The smallest absolute Gasteiger partial charge is 0.326 e. The molecule has 2 heterocycles. The van der Waals surface area contributed by atoms with Crippen LogP contribution >= 0.6 is 0 Å². The summed E-state index contributed by atoms with van der Waals surface area (Å²) in [6.45, 7) is 1.72. The minimum atomic E-state index is -1.26. The molecule has 14 heteroatoms. The van der Waals surface area contributed by atoms with Crippen LogP contribution in [-0.4, -0.2) is 61.1 Å². The van der Waals surface area contributed by atoms with E-state index in [1.54, 1.807) is 0 Å². The molecule has 196 valence electrons.